The zero-order chi connectivity index (χ0) is 18.7. The Morgan fingerprint density at radius 3 is 2.73 bits per heavy atom. The Hall–Kier alpha value is -2.79. The topological polar surface area (TPSA) is 64.4 Å². The van der Waals surface area contributed by atoms with Crippen LogP contribution in [0.4, 0.5) is 5.69 Å². The molecule has 134 valence electrons. The number of aryl methyl sites for hydroxylation is 3. The van der Waals surface area contributed by atoms with Crippen LogP contribution in [0.2, 0.25) is 5.02 Å². The molecule has 0 fully saturated rings. The maximum Gasteiger partial charge on any atom is 0.278 e. The predicted octanol–water partition coefficient (Wildman–Crippen LogP) is 5.08. The highest BCUT2D eigenvalue weighted by atomic mass is 35.5. The van der Waals surface area contributed by atoms with Crippen molar-refractivity contribution in [3.63, 3.8) is 0 Å². The maximum absolute atomic E-state index is 12.6. The van der Waals surface area contributed by atoms with Crippen LogP contribution in [0.15, 0.2) is 47.0 Å². The van der Waals surface area contributed by atoms with Crippen molar-refractivity contribution >= 4 is 23.2 Å². The van der Waals surface area contributed by atoms with Crippen LogP contribution >= 0.6 is 11.6 Å². The molecule has 6 heteroatoms. The highest BCUT2D eigenvalue weighted by Crippen LogP contribution is 2.23. The van der Waals surface area contributed by atoms with E-state index in [4.69, 9.17) is 20.9 Å². The Kier molecular flexibility index (Phi) is 5.28. The van der Waals surface area contributed by atoms with E-state index in [9.17, 15) is 4.79 Å². The SMILES string of the molecule is Cc1ccc(OCc2c(C(=O)Nc3cccc(Cl)c3)noc2C)c(C)c1. The van der Waals surface area contributed by atoms with Gasteiger partial charge in [-0.15, -0.1) is 0 Å². The van der Waals surface area contributed by atoms with Gasteiger partial charge in [-0.2, -0.15) is 0 Å². The first-order valence-corrected chi connectivity index (χ1v) is 8.54. The number of nitrogens with zero attached hydrogens (tertiary/aromatic N) is 1. The van der Waals surface area contributed by atoms with Gasteiger partial charge in [0.15, 0.2) is 5.69 Å². The summed E-state index contributed by atoms with van der Waals surface area (Å²) in [6.45, 7) is 5.95. The van der Waals surface area contributed by atoms with Crippen LogP contribution in [0.3, 0.4) is 0 Å². The quantitative estimate of drug-likeness (QED) is 0.679. The van der Waals surface area contributed by atoms with Crippen molar-refractivity contribution in [3.05, 3.63) is 75.6 Å². The molecule has 0 aliphatic heterocycles. The fourth-order valence-electron chi connectivity index (χ4n) is 2.61. The highest BCUT2D eigenvalue weighted by molar-refractivity contribution is 6.30. The minimum Gasteiger partial charge on any atom is -0.488 e. The fourth-order valence-corrected chi connectivity index (χ4v) is 2.80. The summed E-state index contributed by atoms with van der Waals surface area (Å²) in [7, 11) is 0. The summed E-state index contributed by atoms with van der Waals surface area (Å²) in [6.07, 6.45) is 0. The standard InChI is InChI=1S/C20H19ClN2O3/c1-12-7-8-18(13(2)9-12)25-11-17-14(3)26-23-19(17)20(24)22-16-6-4-5-15(21)10-16/h4-10H,11H2,1-3H3,(H,22,24). The second-order valence-electron chi connectivity index (χ2n) is 6.09. The molecule has 0 spiro atoms. The van der Waals surface area contributed by atoms with E-state index in [-0.39, 0.29) is 18.2 Å². The van der Waals surface area contributed by atoms with Gasteiger partial charge >= 0.3 is 0 Å². The van der Waals surface area contributed by atoms with Gasteiger partial charge in [0.2, 0.25) is 0 Å². The summed E-state index contributed by atoms with van der Waals surface area (Å²) in [5, 5.41) is 7.19. The molecule has 0 unspecified atom stereocenters. The molecule has 5 nitrogen and oxygen atoms in total. The van der Waals surface area contributed by atoms with Gasteiger partial charge in [-0.1, -0.05) is 40.5 Å². The number of amides is 1. The average molecular weight is 371 g/mol. The van der Waals surface area contributed by atoms with Gasteiger partial charge in [-0.05, 0) is 50.6 Å². The molecule has 0 bridgehead atoms. The van der Waals surface area contributed by atoms with Crippen LogP contribution in [0.5, 0.6) is 5.75 Å². The monoisotopic (exact) mass is 370 g/mol. The van der Waals surface area contributed by atoms with E-state index in [0.717, 1.165) is 16.9 Å². The predicted molar refractivity (Wildman–Crippen MR) is 101 cm³/mol. The molecule has 26 heavy (non-hydrogen) atoms. The Morgan fingerprint density at radius 2 is 2.00 bits per heavy atom. The molecule has 3 aromatic rings. The largest absolute Gasteiger partial charge is 0.488 e. The fraction of sp³-hybridized carbons (Fsp3) is 0.200. The number of rotatable bonds is 5. The molecule has 0 saturated carbocycles. The van der Waals surface area contributed by atoms with Crippen molar-refractivity contribution < 1.29 is 14.1 Å². The summed E-state index contributed by atoms with van der Waals surface area (Å²) in [4.78, 5) is 12.6. The number of halogens is 1. The molecular weight excluding hydrogens is 352 g/mol. The number of carbonyl (C=O) groups is 1. The van der Waals surface area contributed by atoms with Gasteiger partial charge in [0.05, 0.1) is 5.56 Å². The molecule has 0 aliphatic rings. The number of anilines is 1. The van der Waals surface area contributed by atoms with Crippen molar-refractivity contribution in [2.45, 2.75) is 27.4 Å². The van der Waals surface area contributed by atoms with Crippen LogP contribution in [-0.4, -0.2) is 11.1 Å². The molecule has 1 N–H and O–H groups in total. The summed E-state index contributed by atoms with van der Waals surface area (Å²) < 4.78 is 11.1. The second kappa shape index (κ2) is 7.62. The van der Waals surface area contributed by atoms with Gasteiger partial charge < -0.3 is 14.6 Å². The lowest BCUT2D eigenvalue weighted by atomic mass is 10.1. The smallest absolute Gasteiger partial charge is 0.278 e. The number of aromatic nitrogens is 1. The van der Waals surface area contributed by atoms with Crippen LogP contribution in [0.1, 0.15) is 32.9 Å². The number of carbonyl (C=O) groups excluding carboxylic acids is 1. The zero-order valence-electron chi connectivity index (χ0n) is 14.8. The Bertz CT molecular complexity index is 950. The van der Waals surface area contributed by atoms with Crippen LogP contribution < -0.4 is 10.1 Å². The summed E-state index contributed by atoms with van der Waals surface area (Å²) in [6, 6.07) is 12.9. The Balaban J connectivity index is 1.76. The summed E-state index contributed by atoms with van der Waals surface area (Å²) >= 11 is 5.95. The minimum absolute atomic E-state index is 0.192. The number of hydrogen-bond donors (Lipinski definition) is 1. The van der Waals surface area contributed by atoms with Gasteiger partial charge in [0, 0.05) is 10.7 Å². The molecule has 1 heterocycles. The van der Waals surface area contributed by atoms with Crippen molar-refractivity contribution in [1.82, 2.24) is 5.16 Å². The lowest BCUT2D eigenvalue weighted by Crippen LogP contribution is -2.15. The number of nitrogens with one attached hydrogen (secondary N) is 1. The van der Waals surface area contributed by atoms with E-state index in [1.54, 1.807) is 31.2 Å². The normalized spacial score (nSPS) is 10.6. The lowest BCUT2D eigenvalue weighted by Gasteiger charge is -2.10. The maximum atomic E-state index is 12.6. The Morgan fingerprint density at radius 1 is 1.19 bits per heavy atom. The molecule has 3 rings (SSSR count). The highest BCUT2D eigenvalue weighted by Gasteiger charge is 2.21. The first kappa shape index (κ1) is 18.0. The number of benzene rings is 2. The number of hydrogen-bond acceptors (Lipinski definition) is 4. The molecule has 0 saturated heterocycles. The summed E-state index contributed by atoms with van der Waals surface area (Å²) in [5.74, 6) is 0.937. The second-order valence-corrected chi connectivity index (χ2v) is 6.52. The van der Waals surface area contributed by atoms with Gasteiger partial charge in [-0.25, -0.2) is 0 Å². The molecule has 0 radical (unpaired) electrons. The molecule has 1 aromatic heterocycles. The van der Waals surface area contributed by atoms with E-state index in [1.165, 1.54) is 0 Å². The van der Waals surface area contributed by atoms with Crippen molar-refractivity contribution in [1.29, 1.82) is 0 Å². The van der Waals surface area contributed by atoms with Crippen LogP contribution in [-0.2, 0) is 6.61 Å². The van der Waals surface area contributed by atoms with E-state index < -0.39 is 0 Å². The summed E-state index contributed by atoms with van der Waals surface area (Å²) in [5.41, 5.74) is 3.60. The molecular formula is C20H19ClN2O3. The van der Waals surface area contributed by atoms with E-state index in [1.807, 2.05) is 32.0 Å². The van der Waals surface area contributed by atoms with Crippen LogP contribution in [0, 0.1) is 20.8 Å². The zero-order valence-corrected chi connectivity index (χ0v) is 15.6. The third-order valence-corrected chi connectivity index (χ3v) is 4.22. The third-order valence-electron chi connectivity index (χ3n) is 3.98. The van der Waals surface area contributed by atoms with Crippen molar-refractivity contribution in [2.24, 2.45) is 0 Å². The molecule has 1 amide bonds. The van der Waals surface area contributed by atoms with Crippen molar-refractivity contribution in [3.8, 4) is 5.75 Å². The minimum atomic E-state index is -0.372. The number of ether oxygens (including phenoxy) is 1. The Labute approximate surface area is 156 Å². The average Bonchev–Trinajstić information content (AvgIpc) is 2.95. The van der Waals surface area contributed by atoms with E-state index >= 15 is 0 Å². The first-order chi connectivity index (χ1) is 12.4. The van der Waals surface area contributed by atoms with Gasteiger partial charge in [0.25, 0.3) is 5.91 Å². The van der Waals surface area contributed by atoms with Crippen LogP contribution in [0.25, 0.3) is 0 Å². The molecule has 0 atom stereocenters. The first-order valence-electron chi connectivity index (χ1n) is 8.16. The van der Waals surface area contributed by atoms with Gasteiger partial charge in [0.1, 0.15) is 18.1 Å². The van der Waals surface area contributed by atoms with Crippen molar-refractivity contribution in [2.75, 3.05) is 5.32 Å². The van der Waals surface area contributed by atoms with Gasteiger partial charge in [-0.3, -0.25) is 4.79 Å². The van der Waals surface area contributed by atoms with E-state index in [0.29, 0.717) is 22.0 Å². The molecule has 2 aromatic carbocycles. The third kappa shape index (κ3) is 4.06. The van der Waals surface area contributed by atoms with E-state index in [2.05, 4.69) is 10.5 Å². The lowest BCUT2D eigenvalue weighted by molar-refractivity contribution is 0.101. The molecule has 0 aliphatic carbocycles.